The van der Waals surface area contributed by atoms with Crippen LogP contribution < -0.4 is 19.9 Å². The van der Waals surface area contributed by atoms with Gasteiger partial charge in [0.1, 0.15) is 12.4 Å². The Bertz CT molecular complexity index is 436. The number of fused-ring (bicyclic) bond motifs is 1. The molecule has 0 saturated carbocycles. The average molecular weight is 219 g/mol. The van der Waals surface area contributed by atoms with Gasteiger partial charge in [-0.05, 0) is 12.1 Å². The lowest BCUT2D eigenvalue weighted by Gasteiger charge is -2.07. The Morgan fingerprint density at radius 3 is 3.00 bits per heavy atom. The molecule has 1 aliphatic rings. The highest BCUT2D eigenvalue weighted by molar-refractivity contribution is 5.46. The van der Waals surface area contributed by atoms with Crippen molar-refractivity contribution in [2.24, 2.45) is 5.73 Å². The molecule has 0 radical (unpaired) electrons. The average Bonchev–Trinajstić information content (AvgIpc) is 2.77. The van der Waals surface area contributed by atoms with Crippen LogP contribution in [0.1, 0.15) is 0 Å². The van der Waals surface area contributed by atoms with Crippen molar-refractivity contribution >= 4 is 0 Å². The molecule has 0 spiro atoms. The minimum absolute atomic E-state index is 0.263. The van der Waals surface area contributed by atoms with Crippen LogP contribution in [0, 0.1) is 0 Å². The van der Waals surface area contributed by atoms with Gasteiger partial charge in [-0.1, -0.05) is 6.58 Å². The van der Waals surface area contributed by atoms with Gasteiger partial charge in [0.25, 0.3) is 0 Å². The highest BCUT2D eigenvalue weighted by Crippen LogP contribution is 2.35. The number of hydrogen-bond acceptors (Lipinski definition) is 4. The Hall–Kier alpha value is -1.90. The molecule has 1 aromatic carbocycles. The van der Waals surface area contributed by atoms with E-state index in [0.29, 0.717) is 24.7 Å². The van der Waals surface area contributed by atoms with Crippen LogP contribution in [0.3, 0.4) is 0 Å². The van der Waals surface area contributed by atoms with Crippen molar-refractivity contribution in [2.45, 2.75) is 0 Å². The summed E-state index contributed by atoms with van der Waals surface area (Å²) in [5, 5.41) is 0. The van der Waals surface area contributed by atoms with Gasteiger partial charge >= 0.3 is 0 Å². The zero-order chi connectivity index (χ0) is 11.4. The molecule has 84 valence electrons. The summed E-state index contributed by atoms with van der Waals surface area (Å²) in [5.74, 6) is 2.16. The van der Waals surface area contributed by atoms with E-state index < -0.39 is 0 Å². The lowest BCUT2D eigenvalue weighted by molar-refractivity contribution is 0.174. The zero-order valence-corrected chi connectivity index (χ0v) is 8.86. The number of hydrogen-bond donors (Lipinski definition) is 1. The molecule has 0 amide bonds. The van der Waals surface area contributed by atoms with E-state index in [4.69, 9.17) is 19.9 Å². The molecule has 0 saturated heterocycles. The second kappa shape index (κ2) is 4.75. The number of nitrogens with two attached hydrogens (primary N) is 1. The van der Waals surface area contributed by atoms with E-state index in [1.54, 1.807) is 6.07 Å². The molecule has 4 heteroatoms. The summed E-state index contributed by atoms with van der Waals surface area (Å²) in [5.41, 5.74) is 9.04. The first kappa shape index (κ1) is 10.6. The molecule has 2 rings (SSSR count). The molecule has 0 unspecified atom stereocenters. The van der Waals surface area contributed by atoms with E-state index in [2.05, 4.69) is 12.3 Å². The predicted octanol–water partition coefficient (Wildman–Crippen LogP) is 1.46. The SMILES string of the molecule is C=C=C(CN)COc1ccc2c(c1)OCO2. The Morgan fingerprint density at radius 2 is 2.25 bits per heavy atom. The fourth-order valence-electron chi connectivity index (χ4n) is 1.32. The molecule has 16 heavy (non-hydrogen) atoms. The molecule has 1 aromatic rings. The van der Waals surface area contributed by atoms with Gasteiger partial charge in [-0.3, -0.25) is 0 Å². The van der Waals surface area contributed by atoms with Crippen molar-refractivity contribution in [3.63, 3.8) is 0 Å². The summed E-state index contributed by atoms with van der Waals surface area (Å²) >= 11 is 0. The predicted molar refractivity (Wildman–Crippen MR) is 59.8 cm³/mol. The molecule has 0 aromatic heterocycles. The summed E-state index contributed by atoms with van der Waals surface area (Å²) in [6.45, 7) is 4.58. The first-order chi connectivity index (χ1) is 7.83. The van der Waals surface area contributed by atoms with Gasteiger partial charge in [0.05, 0.1) is 0 Å². The van der Waals surface area contributed by atoms with Gasteiger partial charge in [-0.25, -0.2) is 0 Å². The van der Waals surface area contributed by atoms with E-state index in [9.17, 15) is 0 Å². The molecule has 0 aliphatic carbocycles. The second-order valence-corrected chi connectivity index (χ2v) is 3.29. The van der Waals surface area contributed by atoms with Crippen molar-refractivity contribution in [2.75, 3.05) is 19.9 Å². The Morgan fingerprint density at radius 1 is 1.44 bits per heavy atom. The Kier molecular flexibility index (Phi) is 3.15. The molecule has 0 fully saturated rings. The molecule has 0 atom stereocenters. The summed E-state index contributed by atoms with van der Waals surface area (Å²) < 4.78 is 16.0. The van der Waals surface area contributed by atoms with Crippen LogP contribution in [0.5, 0.6) is 17.2 Å². The minimum atomic E-state index is 0.263. The van der Waals surface area contributed by atoms with E-state index >= 15 is 0 Å². The molecule has 2 N–H and O–H groups in total. The topological polar surface area (TPSA) is 53.7 Å². The van der Waals surface area contributed by atoms with Gasteiger partial charge in [-0.15, -0.1) is 5.73 Å². The maximum absolute atomic E-state index is 5.52. The number of ether oxygens (including phenoxy) is 3. The maximum atomic E-state index is 5.52. The van der Waals surface area contributed by atoms with Crippen LogP contribution in [0.4, 0.5) is 0 Å². The summed E-state index contributed by atoms with van der Waals surface area (Å²) in [7, 11) is 0. The molecule has 4 nitrogen and oxygen atoms in total. The third kappa shape index (κ3) is 2.19. The monoisotopic (exact) mass is 219 g/mol. The molecular formula is C12H13NO3. The van der Waals surface area contributed by atoms with E-state index in [1.807, 2.05) is 12.1 Å². The van der Waals surface area contributed by atoms with Crippen LogP contribution in [-0.4, -0.2) is 19.9 Å². The molecule has 1 aliphatic heterocycles. The first-order valence-electron chi connectivity index (χ1n) is 4.94. The number of benzene rings is 1. The third-order valence-electron chi connectivity index (χ3n) is 2.25. The van der Waals surface area contributed by atoms with Crippen LogP contribution in [0.25, 0.3) is 0 Å². The molecule has 1 heterocycles. The van der Waals surface area contributed by atoms with E-state index in [1.165, 1.54) is 0 Å². The normalized spacial score (nSPS) is 12.1. The lowest BCUT2D eigenvalue weighted by Crippen LogP contribution is -2.10. The fraction of sp³-hybridized carbons (Fsp3) is 0.250. The van der Waals surface area contributed by atoms with Crippen molar-refractivity contribution in [3.8, 4) is 17.2 Å². The van der Waals surface area contributed by atoms with Crippen LogP contribution in [0.15, 0.2) is 36.1 Å². The summed E-state index contributed by atoms with van der Waals surface area (Å²) in [6, 6.07) is 5.43. The van der Waals surface area contributed by atoms with Crippen LogP contribution >= 0.6 is 0 Å². The fourth-order valence-corrected chi connectivity index (χ4v) is 1.32. The summed E-state index contributed by atoms with van der Waals surface area (Å²) in [4.78, 5) is 0. The van der Waals surface area contributed by atoms with Crippen LogP contribution in [0.2, 0.25) is 0 Å². The Labute approximate surface area is 93.9 Å². The highest BCUT2D eigenvalue weighted by atomic mass is 16.7. The standard InChI is InChI=1S/C12H13NO3/c1-2-9(6-13)7-14-10-3-4-11-12(5-10)16-8-15-11/h3-5H,1,6-8,13H2. The van der Waals surface area contributed by atoms with Gasteiger partial charge in [0, 0.05) is 18.2 Å². The van der Waals surface area contributed by atoms with Gasteiger partial charge in [0.2, 0.25) is 6.79 Å². The minimum Gasteiger partial charge on any atom is -0.488 e. The zero-order valence-electron chi connectivity index (χ0n) is 8.86. The van der Waals surface area contributed by atoms with Crippen molar-refractivity contribution in [1.82, 2.24) is 0 Å². The number of rotatable bonds is 4. The van der Waals surface area contributed by atoms with Crippen LogP contribution in [-0.2, 0) is 0 Å². The smallest absolute Gasteiger partial charge is 0.231 e. The van der Waals surface area contributed by atoms with Gasteiger partial charge in [0.15, 0.2) is 11.5 Å². The Balaban J connectivity index is 2.03. The van der Waals surface area contributed by atoms with Crippen molar-refractivity contribution in [3.05, 3.63) is 36.1 Å². The van der Waals surface area contributed by atoms with Crippen molar-refractivity contribution in [1.29, 1.82) is 0 Å². The lowest BCUT2D eigenvalue weighted by atomic mass is 10.3. The van der Waals surface area contributed by atoms with Gasteiger partial charge in [-0.2, -0.15) is 0 Å². The molecular weight excluding hydrogens is 206 g/mol. The first-order valence-corrected chi connectivity index (χ1v) is 4.94. The molecule has 0 bridgehead atoms. The highest BCUT2D eigenvalue weighted by Gasteiger charge is 2.13. The van der Waals surface area contributed by atoms with Gasteiger partial charge < -0.3 is 19.9 Å². The summed E-state index contributed by atoms with van der Waals surface area (Å²) in [6.07, 6.45) is 0. The second-order valence-electron chi connectivity index (χ2n) is 3.29. The third-order valence-corrected chi connectivity index (χ3v) is 2.25. The quantitative estimate of drug-likeness (QED) is 0.779. The van der Waals surface area contributed by atoms with E-state index in [-0.39, 0.29) is 6.79 Å². The largest absolute Gasteiger partial charge is 0.488 e. The van der Waals surface area contributed by atoms with Crippen molar-refractivity contribution < 1.29 is 14.2 Å². The maximum Gasteiger partial charge on any atom is 0.231 e. The van der Waals surface area contributed by atoms with E-state index in [0.717, 1.165) is 11.3 Å².